The number of hydrogen-bond donors (Lipinski definition) is 2. The maximum Gasteiger partial charge on any atom is 0.259 e. The Balaban J connectivity index is 1.92. The fourth-order valence-electron chi connectivity index (χ4n) is 2.48. The van der Waals surface area contributed by atoms with Gasteiger partial charge in [0.15, 0.2) is 0 Å². The van der Waals surface area contributed by atoms with E-state index < -0.39 is 0 Å². The Kier molecular flexibility index (Phi) is 3.79. The van der Waals surface area contributed by atoms with Crippen molar-refractivity contribution in [2.45, 2.75) is 13.3 Å². The lowest BCUT2D eigenvalue weighted by atomic mass is 10.1. The first-order chi connectivity index (χ1) is 10.7. The van der Waals surface area contributed by atoms with Gasteiger partial charge in [-0.15, -0.1) is 0 Å². The zero-order chi connectivity index (χ0) is 15.5. The van der Waals surface area contributed by atoms with E-state index in [0.717, 1.165) is 28.4 Å². The number of fused-ring (bicyclic) bond motifs is 1. The summed E-state index contributed by atoms with van der Waals surface area (Å²) >= 11 is 0. The maximum absolute atomic E-state index is 12.4. The lowest BCUT2D eigenvalue weighted by Gasteiger charge is -2.09. The van der Waals surface area contributed by atoms with Crippen molar-refractivity contribution in [1.29, 1.82) is 0 Å². The number of anilines is 1. The number of phenolic OH excluding ortho intramolecular Hbond substituents is 1. The number of aryl methyl sites for hydroxylation is 1. The predicted molar refractivity (Wildman–Crippen MR) is 89.4 cm³/mol. The van der Waals surface area contributed by atoms with Crippen LogP contribution in [0.15, 0.2) is 60.7 Å². The Bertz CT molecular complexity index is 840. The van der Waals surface area contributed by atoms with Gasteiger partial charge in [-0.25, -0.2) is 0 Å². The standard InChI is InChI=1S/C19H17NO2/c1-2-13-6-5-9-16(10-13)20-19(22)17-11-14-7-3-4-8-15(14)12-18(17)21/h3-12,21H,2H2,1H3,(H,20,22). The van der Waals surface area contributed by atoms with Gasteiger partial charge in [0.2, 0.25) is 0 Å². The van der Waals surface area contributed by atoms with E-state index in [0.29, 0.717) is 0 Å². The van der Waals surface area contributed by atoms with Gasteiger partial charge in [-0.05, 0) is 47.0 Å². The summed E-state index contributed by atoms with van der Waals surface area (Å²) in [7, 11) is 0. The van der Waals surface area contributed by atoms with Crippen LogP contribution in [0.4, 0.5) is 5.69 Å². The molecule has 0 heterocycles. The van der Waals surface area contributed by atoms with Crippen molar-refractivity contribution in [2.75, 3.05) is 5.32 Å². The minimum absolute atomic E-state index is 0.0113. The number of hydrogen-bond acceptors (Lipinski definition) is 2. The Morgan fingerprint density at radius 1 is 1.00 bits per heavy atom. The average molecular weight is 291 g/mol. The second kappa shape index (κ2) is 5.90. The third-order valence-electron chi connectivity index (χ3n) is 3.70. The summed E-state index contributed by atoms with van der Waals surface area (Å²) in [5, 5.41) is 14.8. The number of carbonyl (C=O) groups is 1. The van der Waals surface area contributed by atoms with E-state index in [4.69, 9.17) is 0 Å². The molecule has 2 N–H and O–H groups in total. The summed E-state index contributed by atoms with van der Waals surface area (Å²) < 4.78 is 0. The molecular weight excluding hydrogens is 274 g/mol. The summed E-state index contributed by atoms with van der Waals surface area (Å²) in [6.45, 7) is 2.07. The normalized spacial score (nSPS) is 10.6. The number of amides is 1. The molecule has 3 heteroatoms. The van der Waals surface area contributed by atoms with Crippen molar-refractivity contribution in [3.8, 4) is 5.75 Å². The van der Waals surface area contributed by atoms with Crippen LogP contribution in [0, 0.1) is 0 Å². The van der Waals surface area contributed by atoms with Crippen molar-refractivity contribution >= 4 is 22.4 Å². The predicted octanol–water partition coefficient (Wildman–Crippen LogP) is 4.36. The lowest BCUT2D eigenvalue weighted by Crippen LogP contribution is -2.12. The highest BCUT2D eigenvalue weighted by atomic mass is 16.3. The minimum Gasteiger partial charge on any atom is -0.507 e. The molecule has 0 bridgehead atoms. The summed E-state index contributed by atoms with van der Waals surface area (Å²) in [5.74, 6) is -0.320. The van der Waals surface area contributed by atoms with E-state index in [9.17, 15) is 9.90 Å². The van der Waals surface area contributed by atoms with Gasteiger partial charge in [0.05, 0.1) is 5.56 Å². The smallest absolute Gasteiger partial charge is 0.259 e. The molecule has 0 aromatic heterocycles. The van der Waals surface area contributed by atoms with E-state index in [-0.39, 0.29) is 17.2 Å². The molecule has 0 aliphatic heterocycles. The van der Waals surface area contributed by atoms with Gasteiger partial charge in [-0.3, -0.25) is 4.79 Å². The first-order valence-electron chi connectivity index (χ1n) is 7.29. The molecule has 0 saturated carbocycles. The van der Waals surface area contributed by atoms with E-state index in [1.165, 1.54) is 0 Å². The summed E-state index contributed by atoms with van der Waals surface area (Å²) in [5.41, 5.74) is 2.16. The molecule has 3 rings (SSSR count). The lowest BCUT2D eigenvalue weighted by molar-refractivity contribution is 0.102. The molecule has 0 aliphatic rings. The SMILES string of the molecule is CCc1cccc(NC(=O)c2cc3ccccc3cc2O)c1. The molecule has 3 nitrogen and oxygen atoms in total. The number of carbonyl (C=O) groups excluding carboxylic acids is 1. The number of benzene rings is 3. The van der Waals surface area contributed by atoms with Gasteiger partial charge in [0.25, 0.3) is 5.91 Å². The summed E-state index contributed by atoms with van der Waals surface area (Å²) in [6, 6.07) is 18.7. The van der Waals surface area contributed by atoms with Gasteiger partial charge < -0.3 is 10.4 Å². The Labute approximate surface area is 129 Å². The molecule has 110 valence electrons. The van der Waals surface area contributed by atoms with Crippen molar-refractivity contribution in [2.24, 2.45) is 0 Å². The van der Waals surface area contributed by atoms with E-state index >= 15 is 0 Å². The number of phenols is 1. The van der Waals surface area contributed by atoms with Crippen LogP contribution < -0.4 is 5.32 Å². The highest BCUT2D eigenvalue weighted by Gasteiger charge is 2.12. The monoisotopic (exact) mass is 291 g/mol. The molecule has 1 amide bonds. The Morgan fingerprint density at radius 2 is 1.73 bits per heavy atom. The third kappa shape index (κ3) is 2.79. The topological polar surface area (TPSA) is 49.3 Å². The molecule has 0 unspecified atom stereocenters. The molecule has 3 aromatic rings. The fourth-order valence-corrected chi connectivity index (χ4v) is 2.48. The van der Waals surface area contributed by atoms with Crippen LogP contribution in [-0.2, 0) is 6.42 Å². The van der Waals surface area contributed by atoms with Gasteiger partial charge >= 0.3 is 0 Å². The van der Waals surface area contributed by atoms with Gasteiger partial charge in [-0.1, -0.05) is 43.3 Å². The number of rotatable bonds is 3. The molecule has 22 heavy (non-hydrogen) atoms. The zero-order valence-corrected chi connectivity index (χ0v) is 12.3. The van der Waals surface area contributed by atoms with Crippen LogP contribution in [0.1, 0.15) is 22.8 Å². The molecule has 0 saturated heterocycles. The number of nitrogens with one attached hydrogen (secondary N) is 1. The number of aromatic hydroxyl groups is 1. The molecule has 0 radical (unpaired) electrons. The zero-order valence-electron chi connectivity index (χ0n) is 12.3. The van der Waals surface area contributed by atoms with Crippen LogP contribution in [0.2, 0.25) is 0 Å². The quantitative estimate of drug-likeness (QED) is 0.753. The highest BCUT2D eigenvalue weighted by Crippen LogP contribution is 2.26. The fraction of sp³-hybridized carbons (Fsp3) is 0.105. The van der Waals surface area contributed by atoms with Crippen LogP contribution in [0.3, 0.4) is 0 Å². The Morgan fingerprint density at radius 3 is 2.45 bits per heavy atom. The van der Waals surface area contributed by atoms with E-state index in [1.54, 1.807) is 12.1 Å². The van der Waals surface area contributed by atoms with Gasteiger partial charge in [0.1, 0.15) is 5.75 Å². The van der Waals surface area contributed by atoms with Crippen LogP contribution in [0.25, 0.3) is 10.8 Å². The highest BCUT2D eigenvalue weighted by molar-refractivity contribution is 6.08. The van der Waals surface area contributed by atoms with E-state index in [1.807, 2.05) is 48.5 Å². The molecule has 0 aliphatic carbocycles. The first-order valence-corrected chi connectivity index (χ1v) is 7.29. The van der Waals surface area contributed by atoms with Gasteiger partial charge in [-0.2, -0.15) is 0 Å². The van der Waals surface area contributed by atoms with Crippen LogP contribution >= 0.6 is 0 Å². The van der Waals surface area contributed by atoms with Gasteiger partial charge in [0, 0.05) is 5.69 Å². The second-order valence-electron chi connectivity index (χ2n) is 5.22. The largest absolute Gasteiger partial charge is 0.507 e. The summed E-state index contributed by atoms with van der Waals surface area (Å²) in [4.78, 5) is 12.4. The van der Waals surface area contributed by atoms with Crippen molar-refractivity contribution in [3.63, 3.8) is 0 Å². The van der Waals surface area contributed by atoms with Crippen molar-refractivity contribution in [1.82, 2.24) is 0 Å². The molecule has 3 aromatic carbocycles. The Hall–Kier alpha value is -2.81. The minimum atomic E-state index is -0.309. The molecule has 0 atom stereocenters. The molecule has 0 fully saturated rings. The average Bonchev–Trinajstić information content (AvgIpc) is 2.54. The second-order valence-corrected chi connectivity index (χ2v) is 5.22. The summed E-state index contributed by atoms with van der Waals surface area (Å²) in [6.07, 6.45) is 0.908. The van der Waals surface area contributed by atoms with E-state index in [2.05, 4.69) is 12.2 Å². The van der Waals surface area contributed by atoms with Crippen molar-refractivity contribution in [3.05, 3.63) is 71.8 Å². The maximum atomic E-state index is 12.4. The third-order valence-corrected chi connectivity index (χ3v) is 3.70. The van der Waals surface area contributed by atoms with Crippen molar-refractivity contribution < 1.29 is 9.90 Å². The van der Waals surface area contributed by atoms with Crippen LogP contribution in [0.5, 0.6) is 5.75 Å². The molecular formula is C19H17NO2. The first kappa shape index (κ1) is 14.1. The molecule has 0 spiro atoms. The van der Waals surface area contributed by atoms with Crippen LogP contribution in [-0.4, -0.2) is 11.0 Å².